The largest absolute Gasteiger partial charge is 0.305 e. The van der Waals surface area contributed by atoms with Gasteiger partial charge in [0.05, 0.1) is 13.6 Å². The molecule has 0 amide bonds. The standard InChI is InChI=1S/CH4OS63/c1-2-65(4,5)64-63-62-61-60-59-58-57-56-55-54-53-52-51-50-49-48-47-46-45-44-43-42-41-40-39-38-37-36-35-34-33-32-31-30-29-28-27-26-25-24-23-22-21-20-19-18-17-16-15-14-13-12-11-10-9-8-7-6-3/h3H,1H3. The Hall–Kier alpha value is 21.8. The number of hydrogen-bond donors (Lipinski definition) is 1. The summed E-state index contributed by atoms with van der Waals surface area (Å²) in [5, 5.41) is 0. The van der Waals surface area contributed by atoms with E-state index in [2.05, 4.69) is 11.7 Å². The van der Waals surface area contributed by atoms with Crippen molar-refractivity contribution >= 4 is 620 Å². The zero-order valence-electron chi connectivity index (χ0n) is 27.2. The first-order chi connectivity index (χ1) is 32.1. The Kier molecular flexibility index (Phi) is 107. The smallest absolute Gasteiger partial charge is 0.0817 e. The minimum absolute atomic E-state index is 1.46. The summed E-state index contributed by atoms with van der Waals surface area (Å²) in [6.07, 6.45) is 0. The van der Waals surface area contributed by atoms with Crippen LogP contribution in [0.1, 0.15) is 0 Å². The van der Waals surface area contributed by atoms with Crippen molar-refractivity contribution in [1.82, 2.24) is 0 Å². The average Bonchev–Trinajstić information content (AvgIpc) is 3.31. The molecule has 0 N–H and O–H groups in total. The monoisotopic (exact) mass is 2050 g/mol. The van der Waals surface area contributed by atoms with Gasteiger partial charge in [0.15, 0.2) is 0 Å². The average molecular weight is 2050 g/mol. The van der Waals surface area contributed by atoms with Gasteiger partial charge in [-0.15, -0.1) is 0 Å². The van der Waals surface area contributed by atoms with Gasteiger partial charge in [0.25, 0.3) is 0 Å². The van der Waals surface area contributed by atoms with Crippen LogP contribution in [0.2, 0.25) is 0 Å². The molecule has 0 aliphatic carbocycles. The van der Waals surface area contributed by atoms with Crippen LogP contribution < -0.4 is 0 Å². The van der Waals surface area contributed by atoms with Gasteiger partial charge >= 0.3 is 0 Å². The Morgan fingerprint density at radius 3 is 0.431 bits per heavy atom. The summed E-state index contributed by atoms with van der Waals surface area (Å²) in [5.74, 6) is 0. The molecule has 0 fully saturated rings. The van der Waals surface area contributed by atoms with Gasteiger partial charge in [0.1, 0.15) is 0 Å². The first-order valence-electron chi connectivity index (χ1n) is 10.9. The maximum atomic E-state index is 5.17. The SMILES string of the molecule is COS(=S)(=S)SSSSSSSSSSSSSSSSSSSSSSSSSSSSSSSSSSSSSSSSSSSSSSSSSSSSSSSSSSSS. The minimum Gasteiger partial charge on any atom is -0.305 e. The molecule has 64 heteroatoms. The zero-order chi connectivity index (χ0) is 46.9. The van der Waals surface area contributed by atoms with E-state index in [1.807, 2.05) is 413 Å². The fraction of sp³-hybridized carbons (Fsp3) is 1.00. The molecule has 0 saturated heterocycles. The molecule has 0 unspecified atom stereocenters. The summed E-state index contributed by atoms with van der Waals surface area (Å²) in [7, 11) is 107. The molecule has 0 radical (unpaired) electrons. The van der Waals surface area contributed by atoms with Crippen LogP contribution >= 0.6 is 591 Å². The Bertz CT molecular complexity index is 923. The van der Waals surface area contributed by atoms with Gasteiger partial charge in [0, 0.05) is 501 Å². The molecule has 1 nitrogen and oxygen atoms in total. The number of hydrogen-bond acceptors (Lipinski definition) is 63. The highest BCUT2D eigenvalue weighted by molar-refractivity contribution is 9.64. The molecule has 0 saturated carbocycles. The van der Waals surface area contributed by atoms with E-state index in [0.29, 0.717) is 0 Å². The lowest BCUT2D eigenvalue weighted by Crippen LogP contribution is -1.87. The Morgan fingerprint density at radius 2 is 0.323 bits per heavy atom. The highest BCUT2D eigenvalue weighted by Gasteiger charge is 2.06. The van der Waals surface area contributed by atoms with E-state index in [0.717, 1.165) is 0 Å². The predicted molar refractivity (Wildman–Crippen MR) is 486 cm³/mol. The molecule has 0 aromatic heterocycles. The fourth-order valence-electron chi connectivity index (χ4n) is 0.709. The lowest BCUT2D eigenvalue weighted by Gasteiger charge is -2.03. The van der Waals surface area contributed by atoms with E-state index in [4.69, 9.17) is 26.6 Å². The molecular weight excluding hydrogens is 2050 g/mol. The van der Waals surface area contributed by atoms with E-state index < -0.39 is 6.46 Å². The molecule has 0 bridgehead atoms. The van der Waals surface area contributed by atoms with E-state index in [9.17, 15) is 0 Å². The van der Waals surface area contributed by atoms with Crippen molar-refractivity contribution in [2.45, 2.75) is 0 Å². The molecule has 0 aliphatic rings. The third-order valence-corrected chi connectivity index (χ3v) is 138. The second kappa shape index (κ2) is 80.0. The van der Waals surface area contributed by atoms with Crippen LogP contribution in [-0.2, 0) is 33.0 Å². The van der Waals surface area contributed by atoms with Crippen LogP contribution in [-0.4, -0.2) is 7.11 Å². The zero-order valence-corrected chi connectivity index (χ0v) is 78.7. The molecule has 0 rings (SSSR count). The molecule has 0 aromatic rings. The Balaban J connectivity index is 3.08. The molecule has 392 valence electrons. The van der Waals surface area contributed by atoms with Crippen molar-refractivity contribution in [2.24, 2.45) is 0 Å². The van der Waals surface area contributed by atoms with Crippen molar-refractivity contribution in [3.05, 3.63) is 0 Å². The summed E-state index contributed by atoms with van der Waals surface area (Å²) in [6, 6.07) is 0. The fourth-order valence-corrected chi connectivity index (χ4v) is 165. The first kappa shape index (κ1) is 86.8. The van der Waals surface area contributed by atoms with Gasteiger partial charge in [0.2, 0.25) is 0 Å². The Morgan fingerprint density at radius 1 is 0.215 bits per heavy atom. The second-order valence-corrected chi connectivity index (χ2v) is 116. The van der Waals surface area contributed by atoms with Gasteiger partial charge in [-0.3, -0.25) is 0 Å². The van der Waals surface area contributed by atoms with Gasteiger partial charge in [-0.05, 0) is 101 Å². The molecular formula is CH4OS63. The third-order valence-electron chi connectivity index (χ3n) is 1.90. The molecule has 0 aromatic carbocycles. The van der Waals surface area contributed by atoms with Crippen LogP contribution in [0.15, 0.2) is 0 Å². The van der Waals surface area contributed by atoms with Crippen LogP contribution in [0.5, 0.6) is 0 Å². The molecule has 0 aliphatic heterocycles. The van der Waals surface area contributed by atoms with Crippen LogP contribution in [0.3, 0.4) is 0 Å². The van der Waals surface area contributed by atoms with Crippen LogP contribution in [0.25, 0.3) is 0 Å². The van der Waals surface area contributed by atoms with Crippen molar-refractivity contribution in [3.63, 3.8) is 0 Å². The molecule has 0 spiro atoms. The van der Waals surface area contributed by atoms with E-state index >= 15 is 0 Å². The third kappa shape index (κ3) is 81.8. The summed E-state index contributed by atoms with van der Waals surface area (Å²) in [4.78, 5) is 0. The van der Waals surface area contributed by atoms with Crippen LogP contribution in [0, 0.1) is 0 Å². The predicted octanol–water partition coefficient (Wildman–Crippen LogP) is 38.7. The summed E-state index contributed by atoms with van der Waals surface area (Å²) in [6.45, 7) is -1.80. The summed E-state index contributed by atoms with van der Waals surface area (Å²) >= 11 is 14.4. The van der Waals surface area contributed by atoms with E-state index in [-0.39, 0.29) is 0 Å². The quantitative estimate of drug-likeness (QED) is 0.0352. The summed E-state index contributed by atoms with van der Waals surface area (Å²) in [5.41, 5.74) is 0. The van der Waals surface area contributed by atoms with Gasteiger partial charge < -0.3 is 4.18 Å². The van der Waals surface area contributed by atoms with Crippen molar-refractivity contribution < 1.29 is 4.18 Å². The Labute approximate surface area is 614 Å². The summed E-state index contributed by atoms with van der Waals surface area (Å²) < 4.78 is 5.11. The second-order valence-electron chi connectivity index (χ2n) is 4.60. The maximum Gasteiger partial charge on any atom is 0.0817 e. The highest BCUT2D eigenvalue weighted by atomic mass is 34.1. The normalized spacial score (nSPS) is 12.0. The number of thiol groups is 1. The number of rotatable bonds is 60. The first-order valence-corrected chi connectivity index (χ1v) is 94.1. The van der Waals surface area contributed by atoms with Gasteiger partial charge in [-0.25, -0.2) is 0 Å². The molecule has 65 heavy (non-hydrogen) atoms. The van der Waals surface area contributed by atoms with E-state index in [1.165, 1.54) is 19.7 Å². The lowest BCUT2D eigenvalue weighted by molar-refractivity contribution is 0.491. The van der Waals surface area contributed by atoms with Gasteiger partial charge in [-0.2, -0.15) is 0 Å². The minimum atomic E-state index is -1.80. The molecule has 0 heterocycles. The van der Waals surface area contributed by atoms with Gasteiger partial charge in [-0.1, -0.05) is 11.7 Å². The topological polar surface area (TPSA) is 9.23 Å². The maximum absolute atomic E-state index is 5.17. The van der Waals surface area contributed by atoms with Crippen molar-refractivity contribution in [1.29, 1.82) is 0 Å². The molecule has 0 atom stereocenters. The van der Waals surface area contributed by atoms with Crippen molar-refractivity contribution in [3.8, 4) is 0 Å². The van der Waals surface area contributed by atoms with E-state index in [1.54, 1.807) is 154 Å². The highest BCUT2D eigenvalue weighted by Crippen LogP contribution is 2.70. The lowest BCUT2D eigenvalue weighted by atomic mass is 11.8. The van der Waals surface area contributed by atoms with Crippen LogP contribution in [0.4, 0.5) is 0 Å². The van der Waals surface area contributed by atoms with Crippen molar-refractivity contribution in [2.75, 3.05) is 7.11 Å².